The summed E-state index contributed by atoms with van der Waals surface area (Å²) in [7, 11) is 0. The summed E-state index contributed by atoms with van der Waals surface area (Å²) >= 11 is 0. The number of para-hydroxylation sites is 2. The number of hydrogen-bond acceptors (Lipinski definition) is 5. The number of rotatable bonds is 6. The molecule has 6 heteroatoms. The van der Waals surface area contributed by atoms with E-state index in [4.69, 9.17) is 4.74 Å². The minimum absolute atomic E-state index is 0.291. The predicted molar refractivity (Wildman–Crippen MR) is 107 cm³/mol. The minimum atomic E-state index is -0.291. The van der Waals surface area contributed by atoms with Crippen LogP contribution in [0.2, 0.25) is 0 Å². The fraction of sp³-hybridized carbons (Fsp3) is 0.190. The van der Waals surface area contributed by atoms with Crippen molar-refractivity contribution < 1.29 is 9.53 Å². The molecular weight excluding hydrogens is 340 g/mol. The molecule has 1 aromatic heterocycles. The topological polar surface area (TPSA) is 76.1 Å². The van der Waals surface area contributed by atoms with Crippen LogP contribution in [-0.2, 0) is 0 Å². The summed E-state index contributed by atoms with van der Waals surface area (Å²) < 4.78 is 5.52. The standard InChI is InChI=1S/C21H22N4O2/c1-4-27-19-8-6-5-7-17(19)24-20(26)16-12-22-21(23-13-16)25-18-11-14(2)9-10-15(18)3/h5-13H,4H2,1-3H3,(H,24,26)(H,22,23,25). The maximum Gasteiger partial charge on any atom is 0.258 e. The maximum absolute atomic E-state index is 12.5. The van der Waals surface area contributed by atoms with Crippen LogP contribution in [0.1, 0.15) is 28.4 Å². The monoisotopic (exact) mass is 362 g/mol. The van der Waals surface area contributed by atoms with Crippen LogP contribution in [0.15, 0.2) is 54.9 Å². The molecule has 3 rings (SSSR count). The van der Waals surface area contributed by atoms with E-state index in [9.17, 15) is 4.79 Å². The number of nitrogens with zero attached hydrogens (tertiary/aromatic N) is 2. The zero-order valence-corrected chi connectivity index (χ0v) is 15.6. The Morgan fingerprint density at radius 2 is 1.78 bits per heavy atom. The quantitative estimate of drug-likeness (QED) is 0.676. The van der Waals surface area contributed by atoms with Gasteiger partial charge >= 0.3 is 0 Å². The number of hydrogen-bond donors (Lipinski definition) is 2. The molecule has 0 fully saturated rings. The number of benzene rings is 2. The van der Waals surface area contributed by atoms with Crippen LogP contribution in [-0.4, -0.2) is 22.5 Å². The second-order valence-electron chi connectivity index (χ2n) is 6.12. The van der Waals surface area contributed by atoms with Crippen LogP contribution < -0.4 is 15.4 Å². The van der Waals surface area contributed by atoms with E-state index in [0.717, 1.165) is 16.8 Å². The van der Waals surface area contributed by atoms with Gasteiger partial charge in [0.2, 0.25) is 5.95 Å². The van der Waals surface area contributed by atoms with E-state index in [2.05, 4.69) is 26.7 Å². The fourth-order valence-corrected chi connectivity index (χ4v) is 2.55. The summed E-state index contributed by atoms with van der Waals surface area (Å²) in [5, 5.41) is 6.01. The number of carbonyl (C=O) groups is 1. The Morgan fingerprint density at radius 1 is 1.04 bits per heavy atom. The molecule has 0 atom stereocenters. The van der Waals surface area contributed by atoms with Crippen molar-refractivity contribution in [2.24, 2.45) is 0 Å². The van der Waals surface area contributed by atoms with Crippen molar-refractivity contribution in [3.05, 3.63) is 71.5 Å². The highest BCUT2D eigenvalue weighted by Gasteiger charge is 2.11. The number of amides is 1. The zero-order chi connectivity index (χ0) is 19.2. The Bertz CT molecular complexity index is 939. The van der Waals surface area contributed by atoms with Gasteiger partial charge in [0.05, 0.1) is 17.9 Å². The number of ether oxygens (including phenoxy) is 1. The minimum Gasteiger partial charge on any atom is -0.492 e. The van der Waals surface area contributed by atoms with Gasteiger partial charge in [0.25, 0.3) is 5.91 Å². The SMILES string of the molecule is CCOc1ccccc1NC(=O)c1cnc(Nc2cc(C)ccc2C)nc1. The van der Waals surface area contributed by atoms with Gasteiger partial charge in [-0.05, 0) is 50.1 Å². The van der Waals surface area contributed by atoms with Crippen molar-refractivity contribution in [3.63, 3.8) is 0 Å². The molecular formula is C21H22N4O2. The second-order valence-corrected chi connectivity index (χ2v) is 6.12. The zero-order valence-electron chi connectivity index (χ0n) is 15.6. The van der Waals surface area contributed by atoms with Crippen LogP contribution in [0.5, 0.6) is 5.75 Å². The van der Waals surface area contributed by atoms with E-state index in [1.165, 1.54) is 12.4 Å². The molecule has 0 bridgehead atoms. The van der Waals surface area contributed by atoms with E-state index in [1.54, 1.807) is 6.07 Å². The highest BCUT2D eigenvalue weighted by Crippen LogP contribution is 2.24. The number of nitrogens with one attached hydrogen (secondary N) is 2. The highest BCUT2D eigenvalue weighted by molar-refractivity contribution is 6.04. The average molecular weight is 362 g/mol. The molecule has 27 heavy (non-hydrogen) atoms. The second kappa shape index (κ2) is 8.31. The Morgan fingerprint density at radius 3 is 2.52 bits per heavy atom. The van der Waals surface area contributed by atoms with Crippen molar-refractivity contribution in [3.8, 4) is 5.75 Å². The molecule has 138 valence electrons. The van der Waals surface area contributed by atoms with E-state index >= 15 is 0 Å². The van der Waals surface area contributed by atoms with Crippen LogP contribution in [0.4, 0.5) is 17.3 Å². The number of aromatic nitrogens is 2. The normalized spacial score (nSPS) is 10.3. The van der Waals surface area contributed by atoms with Gasteiger partial charge in [-0.2, -0.15) is 0 Å². The van der Waals surface area contributed by atoms with Crippen molar-refractivity contribution in [1.29, 1.82) is 0 Å². The van der Waals surface area contributed by atoms with Crippen LogP contribution in [0.25, 0.3) is 0 Å². The molecule has 0 saturated heterocycles. The molecule has 2 N–H and O–H groups in total. The van der Waals surface area contributed by atoms with Crippen molar-refractivity contribution in [1.82, 2.24) is 9.97 Å². The average Bonchev–Trinajstić information content (AvgIpc) is 2.67. The van der Waals surface area contributed by atoms with Gasteiger partial charge in [-0.15, -0.1) is 0 Å². The summed E-state index contributed by atoms with van der Waals surface area (Å²) in [4.78, 5) is 21.0. The Labute approximate surface area is 158 Å². The molecule has 1 heterocycles. The molecule has 0 radical (unpaired) electrons. The lowest BCUT2D eigenvalue weighted by Gasteiger charge is -2.11. The van der Waals surface area contributed by atoms with E-state index in [0.29, 0.717) is 29.6 Å². The van der Waals surface area contributed by atoms with Gasteiger partial charge in [-0.3, -0.25) is 4.79 Å². The maximum atomic E-state index is 12.5. The number of anilines is 3. The van der Waals surface area contributed by atoms with Gasteiger partial charge in [-0.1, -0.05) is 24.3 Å². The Balaban J connectivity index is 1.71. The lowest BCUT2D eigenvalue weighted by atomic mass is 10.1. The third-order valence-corrected chi connectivity index (χ3v) is 3.99. The first-order valence-corrected chi connectivity index (χ1v) is 8.76. The van der Waals surface area contributed by atoms with Crippen LogP contribution >= 0.6 is 0 Å². The number of carbonyl (C=O) groups excluding carboxylic acids is 1. The molecule has 0 saturated carbocycles. The molecule has 0 unspecified atom stereocenters. The van der Waals surface area contributed by atoms with Crippen molar-refractivity contribution >= 4 is 23.2 Å². The molecule has 3 aromatic rings. The van der Waals surface area contributed by atoms with E-state index in [-0.39, 0.29) is 5.91 Å². The lowest BCUT2D eigenvalue weighted by molar-refractivity contribution is 0.102. The first kappa shape index (κ1) is 18.4. The van der Waals surface area contributed by atoms with Gasteiger partial charge < -0.3 is 15.4 Å². The van der Waals surface area contributed by atoms with Gasteiger partial charge in [0, 0.05) is 18.1 Å². The van der Waals surface area contributed by atoms with Crippen LogP contribution in [0, 0.1) is 13.8 Å². The summed E-state index contributed by atoms with van der Waals surface area (Å²) in [6, 6.07) is 13.4. The Kier molecular flexibility index (Phi) is 5.66. The van der Waals surface area contributed by atoms with E-state index < -0.39 is 0 Å². The van der Waals surface area contributed by atoms with E-state index in [1.807, 2.05) is 51.1 Å². The predicted octanol–water partition coefficient (Wildman–Crippen LogP) is 4.49. The van der Waals surface area contributed by atoms with Crippen LogP contribution in [0.3, 0.4) is 0 Å². The molecule has 1 amide bonds. The van der Waals surface area contributed by atoms with Gasteiger partial charge in [-0.25, -0.2) is 9.97 Å². The van der Waals surface area contributed by atoms with Crippen molar-refractivity contribution in [2.45, 2.75) is 20.8 Å². The molecule has 0 aliphatic carbocycles. The number of aryl methyl sites for hydroxylation is 2. The largest absolute Gasteiger partial charge is 0.492 e. The highest BCUT2D eigenvalue weighted by atomic mass is 16.5. The summed E-state index contributed by atoms with van der Waals surface area (Å²) in [6.45, 7) is 6.46. The molecule has 0 spiro atoms. The fourth-order valence-electron chi connectivity index (χ4n) is 2.55. The Hall–Kier alpha value is -3.41. The third-order valence-electron chi connectivity index (χ3n) is 3.99. The molecule has 2 aromatic carbocycles. The molecule has 0 aliphatic rings. The summed E-state index contributed by atoms with van der Waals surface area (Å²) in [5.41, 5.74) is 4.17. The van der Waals surface area contributed by atoms with Crippen molar-refractivity contribution in [2.75, 3.05) is 17.2 Å². The first-order valence-electron chi connectivity index (χ1n) is 8.76. The van der Waals surface area contributed by atoms with Gasteiger partial charge in [0.15, 0.2) is 0 Å². The smallest absolute Gasteiger partial charge is 0.258 e. The first-order chi connectivity index (χ1) is 13.1. The third kappa shape index (κ3) is 4.61. The summed E-state index contributed by atoms with van der Waals surface area (Å²) in [6.07, 6.45) is 3.00. The lowest BCUT2D eigenvalue weighted by Crippen LogP contribution is -2.14. The van der Waals surface area contributed by atoms with Gasteiger partial charge in [0.1, 0.15) is 5.75 Å². The molecule has 0 aliphatic heterocycles. The molecule has 6 nitrogen and oxygen atoms in total. The summed E-state index contributed by atoms with van der Waals surface area (Å²) in [5.74, 6) is 0.776.